The zero-order valence-electron chi connectivity index (χ0n) is 20.6. The molecule has 5 rings (SSSR count). The van der Waals surface area contributed by atoms with E-state index in [1.165, 1.54) is 17.0 Å². The van der Waals surface area contributed by atoms with Crippen LogP contribution in [0.25, 0.3) is 0 Å². The lowest BCUT2D eigenvalue weighted by molar-refractivity contribution is -0.138. The number of carbonyl (C=O) groups excluding carboxylic acids is 2. The number of benzene rings is 2. The molecule has 0 bridgehead atoms. The van der Waals surface area contributed by atoms with Crippen LogP contribution in [0.2, 0.25) is 0 Å². The smallest absolute Gasteiger partial charge is 0.381 e. The molecule has 7 nitrogen and oxygen atoms in total. The highest BCUT2D eigenvalue weighted by atomic mass is 32.2. The van der Waals surface area contributed by atoms with Crippen molar-refractivity contribution < 1.29 is 40.3 Å². The Labute approximate surface area is 217 Å². The van der Waals surface area contributed by atoms with E-state index in [0.29, 0.717) is 24.5 Å². The summed E-state index contributed by atoms with van der Waals surface area (Å²) in [6.07, 6.45) is -2.57. The molecule has 12 heteroatoms. The molecule has 1 saturated carbocycles. The fourth-order valence-electron chi connectivity index (χ4n) is 5.32. The van der Waals surface area contributed by atoms with Crippen molar-refractivity contribution in [2.75, 3.05) is 19.5 Å². The Kier molecular flexibility index (Phi) is 6.54. The van der Waals surface area contributed by atoms with Crippen molar-refractivity contribution in [2.24, 2.45) is 11.8 Å². The second-order valence-corrected chi connectivity index (χ2v) is 12.4. The molecular formula is C26H26F4N2O5S. The van der Waals surface area contributed by atoms with Crippen molar-refractivity contribution in [1.82, 2.24) is 10.2 Å². The molecular weight excluding hydrogens is 528 g/mol. The van der Waals surface area contributed by atoms with Gasteiger partial charge < -0.3 is 15.0 Å². The zero-order valence-corrected chi connectivity index (χ0v) is 21.4. The maximum atomic E-state index is 14.8. The Morgan fingerprint density at radius 3 is 2.39 bits per heavy atom. The number of carbonyl (C=O) groups is 2. The third kappa shape index (κ3) is 5.03. The van der Waals surface area contributed by atoms with E-state index in [1.807, 2.05) is 0 Å². The quantitative estimate of drug-likeness (QED) is 0.551. The van der Waals surface area contributed by atoms with Gasteiger partial charge in [-0.3, -0.25) is 9.59 Å². The topological polar surface area (TPSA) is 92.8 Å². The minimum Gasteiger partial charge on any atom is -0.381 e. The summed E-state index contributed by atoms with van der Waals surface area (Å²) >= 11 is 0. The van der Waals surface area contributed by atoms with Gasteiger partial charge in [0.15, 0.2) is 9.84 Å². The number of alkyl halides is 3. The molecule has 0 spiro atoms. The molecule has 1 aliphatic carbocycles. The van der Waals surface area contributed by atoms with E-state index in [0.717, 1.165) is 18.4 Å². The number of nitrogens with one attached hydrogen (secondary N) is 1. The molecule has 2 saturated heterocycles. The first-order valence-electron chi connectivity index (χ1n) is 12.1. The standard InChI is InChI=1S/C26H26F4N2O5S/c1-13-5-15(7-18(6-13)38(2,35)36)25(34)32-21-8-14(21)9-22(32)24(33)31-23(16-11-37-12-16)19-4-3-17(10-20(19)27)26(28,29)30/h3-7,10,14,16,21-23H,8-9,11-12H2,1-2H3,(H,31,33)/t14-,21-,22-,23-/m1/s1. The number of amides is 2. The van der Waals surface area contributed by atoms with Gasteiger partial charge in [-0.1, -0.05) is 6.07 Å². The Bertz CT molecular complexity index is 1410. The molecule has 4 atom stereocenters. The molecule has 3 fully saturated rings. The first-order chi connectivity index (χ1) is 17.7. The molecule has 2 aliphatic heterocycles. The summed E-state index contributed by atoms with van der Waals surface area (Å²) in [5.74, 6) is -2.35. The lowest BCUT2D eigenvalue weighted by Crippen LogP contribution is -2.51. The molecule has 2 amide bonds. The van der Waals surface area contributed by atoms with Crippen molar-refractivity contribution in [3.05, 3.63) is 64.5 Å². The number of fused-ring (bicyclic) bond motifs is 1. The Morgan fingerprint density at radius 2 is 1.82 bits per heavy atom. The molecule has 3 aliphatic rings. The number of likely N-dealkylation sites (tertiary alicyclic amines) is 1. The largest absolute Gasteiger partial charge is 0.416 e. The monoisotopic (exact) mass is 554 g/mol. The highest BCUT2D eigenvalue weighted by Crippen LogP contribution is 2.49. The maximum Gasteiger partial charge on any atom is 0.416 e. The van der Waals surface area contributed by atoms with Gasteiger partial charge in [0.1, 0.15) is 11.9 Å². The first-order valence-corrected chi connectivity index (χ1v) is 14.0. The van der Waals surface area contributed by atoms with Crippen LogP contribution < -0.4 is 5.32 Å². The third-order valence-corrected chi connectivity index (χ3v) is 8.56. The molecule has 0 aromatic heterocycles. The van der Waals surface area contributed by atoms with Gasteiger partial charge in [0.25, 0.3) is 5.91 Å². The van der Waals surface area contributed by atoms with Crippen LogP contribution in [-0.4, -0.2) is 56.7 Å². The Balaban J connectivity index is 1.41. The minimum atomic E-state index is -4.71. The fourth-order valence-corrected chi connectivity index (χ4v) is 6.06. The van der Waals surface area contributed by atoms with Crippen LogP contribution in [0, 0.1) is 24.6 Å². The van der Waals surface area contributed by atoms with Crippen LogP contribution in [0.3, 0.4) is 0 Å². The minimum absolute atomic E-state index is 0.00350. The van der Waals surface area contributed by atoms with Crippen molar-refractivity contribution >= 4 is 21.7 Å². The third-order valence-electron chi connectivity index (χ3n) is 7.46. The molecule has 0 unspecified atom stereocenters. The van der Waals surface area contributed by atoms with E-state index in [2.05, 4.69) is 5.32 Å². The summed E-state index contributed by atoms with van der Waals surface area (Å²) in [6.45, 7) is 2.06. The lowest BCUT2D eigenvalue weighted by atomic mass is 9.90. The van der Waals surface area contributed by atoms with Gasteiger partial charge in [-0.2, -0.15) is 13.2 Å². The Morgan fingerprint density at radius 1 is 1.11 bits per heavy atom. The number of nitrogens with zero attached hydrogens (tertiary/aromatic N) is 1. The summed E-state index contributed by atoms with van der Waals surface area (Å²) in [4.78, 5) is 28.5. The van der Waals surface area contributed by atoms with Gasteiger partial charge in [-0.25, -0.2) is 12.8 Å². The van der Waals surface area contributed by atoms with E-state index < -0.39 is 51.3 Å². The Hall–Kier alpha value is -2.99. The molecule has 2 heterocycles. The predicted octanol–water partition coefficient (Wildman–Crippen LogP) is 3.66. The number of aryl methyl sites for hydroxylation is 1. The van der Waals surface area contributed by atoms with E-state index in [-0.39, 0.29) is 47.1 Å². The van der Waals surface area contributed by atoms with Gasteiger partial charge in [-0.05, 0) is 61.6 Å². The second-order valence-electron chi connectivity index (χ2n) is 10.4. The number of piperidine rings is 1. The van der Waals surface area contributed by atoms with Crippen molar-refractivity contribution in [2.45, 2.75) is 49.0 Å². The van der Waals surface area contributed by atoms with Gasteiger partial charge in [0.2, 0.25) is 5.91 Å². The molecule has 0 radical (unpaired) electrons. The van der Waals surface area contributed by atoms with Crippen molar-refractivity contribution in [3.63, 3.8) is 0 Å². The van der Waals surface area contributed by atoms with Crippen LogP contribution in [0.1, 0.15) is 45.9 Å². The predicted molar refractivity (Wildman–Crippen MR) is 127 cm³/mol. The van der Waals surface area contributed by atoms with Crippen LogP contribution >= 0.6 is 0 Å². The average molecular weight is 555 g/mol. The van der Waals surface area contributed by atoms with Crippen LogP contribution in [0.15, 0.2) is 41.3 Å². The van der Waals surface area contributed by atoms with Crippen LogP contribution in [0.4, 0.5) is 17.6 Å². The number of rotatable bonds is 6. The van der Waals surface area contributed by atoms with E-state index in [4.69, 9.17) is 4.74 Å². The maximum absolute atomic E-state index is 14.8. The lowest BCUT2D eigenvalue weighted by Gasteiger charge is -2.36. The number of hydrogen-bond acceptors (Lipinski definition) is 5. The summed E-state index contributed by atoms with van der Waals surface area (Å²) in [5, 5.41) is 2.77. The normalized spacial score (nSPS) is 23.9. The summed E-state index contributed by atoms with van der Waals surface area (Å²) in [6, 6.07) is 4.53. The average Bonchev–Trinajstić information content (AvgIpc) is 3.44. The fraction of sp³-hybridized carbons (Fsp3) is 0.462. The van der Waals surface area contributed by atoms with Crippen molar-refractivity contribution in [3.8, 4) is 0 Å². The SMILES string of the molecule is Cc1cc(C(=O)N2[C@@H](C(=O)N[C@@H](c3ccc(C(F)(F)F)cc3F)C3COC3)C[C@H]3C[C@H]32)cc(S(C)(=O)=O)c1. The van der Waals surface area contributed by atoms with E-state index >= 15 is 0 Å². The van der Waals surface area contributed by atoms with Gasteiger partial charge >= 0.3 is 6.18 Å². The highest BCUT2D eigenvalue weighted by molar-refractivity contribution is 7.90. The number of hydrogen-bond donors (Lipinski definition) is 1. The van der Waals surface area contributed by atoms with Crippen molar-refractivity contribution in [1.29, 1.82) is 0 Å². The summed E-state index contributed by atoms with van der Waals surface area (Å²) in [7, 11) is -3.57. The zero-order chi connectivity index (χ0) is 27.6. The van der Waals surface area contributed by atoms with E-state index in [9.17, 15) is 35.6 Å². The van der Waals surface area contributed by atoms with Gasteiger partial charge in [-0.15, -0.1) is 0 Å². The molecule has 2 aromatic rings. The van der Waals surface area contributed by atoms with Gasteiger partial charge in [0, 0.05) is 29.3 Å². The number of sulfone groups is 1. The molecule has 1 N–H and O–H groups in total. The van der Waals surface area contributed by atoms with E-state index in [1.54, 1.807) is 13.0 Å². The molecule has 2 aromatic carbocycles. The van der Waals surface area contributed by atoms with Gasteiger partial charge in [0.05, 0.1) is 29.7 Å². The summed E-state index contributed by atoms with van der Waals surface area (Å²) in [5.41, 5.74) is -0.495. The van der Waals surface area contributed by atoms with Crippen LogP contribution in [-0.2, 0) is 25.5 Å². The molecule has 204 valence electrons. The first kappa shape index (κ1) is 26.6. The summed E-state index contributed by atoms with van der Waals surface area (Å²) < 4.78 is 83.3. The number of ether oxygens (including phenoxy) is 1. The number of halogens is 4. The molecule has 38 heavy (non-hydrogen) atoms. The van der Waals surface area contributed by atoms with Crippen LogP contribution in [0.5, 0.6) is 0 Å². The second kappa shape index (κ2) is 9.33. The highest BCUT2D eigenvalue weighted by Gasteiger charge is 2.56.